The molecule has 0 saturated heterocycles. The van der Waals surface area contributed by atoms with E-state index in [2.05, 4.69) is 0 Å². The molecule has 1 aromatic carbocycles. The molecule has 0 saturated carbocycles. The molecule has 0 radical (unpaired) electrons. The minimum absolute atomic E-state index is 0.0360. The molecular weight excluding hydrogens is 266 g/mol. The number of ether oxygens (including phenoxy) is 2. The third kappa shape index (κ3) is 5.08. The Hall–Kier alpha value is -1.27. The van der Waals surface area contributed by atoms with Crippen LogP contribution in [0.25, 0.3) is 0 Å². The van der Waals surface area contributed by atoms with Crippen molar-refractivity contribution in [3.05, 3.63) is 23.8 Å². The third-order valence-corrected chi connectivity index (χ3v) is 3.36. The molecule has 1 rings (SSSR count). The maximum atomic E-state index is 10.9. The number of rotatable bonds is 5. The highest BCUT2D eigenvalue weighted by atomic mass is 32.2. The second kappa shape index (κ2) is 5.79. The van der Waals surface area contributed by atoms with Crippen molar-refractivity contribution in [1.82, 2.24) is 0 Å². The van der Waals surface area contributed by atoms with Crippen LogP contribution < -0.4 is 14.6 Å². The van der Waals surface area contributed by atoms with Crippen LogP contribution in [0.3, 0.4) is 0 Å². The first kappa shape index (κ1) is 15.8. The molecule has 6 heteroatoms. The van der Waals surface area contributed by atoms with Crippen LogP contribution in [0.2, 0.25) is 0 Å². The molecule has 0 fully saturated rings. The monoisotopic (exact) mass is 287 g/mol. The fraction of sp³-hybridized carbons (Fsp3) is 0.538. The molecule has 0 aliphatic rings. The van der Waals surface area contributed by atoms with Gasteiger partial charge in [-0.1, -0.05) is 20.8 Å². The Labute approximate surface area is 114 Å². The summed E-state index contributed by atoms with van der Waals surface area (Å²) in [5.74, 6) is 1.18. The van der Waals surface area contributed by atoms with Gasteiger partial charge in [0.1, 0.15) is 18.1 Å². The van der Waals surface area contributed by atoms with Crippen molar-refractivity contribution in [2.75, 3.05) is 19.5 Å². The summed E-state index contributed by atoms with van der Waals surface area (Å²) < 4.78 is 32.5. The van der Waals surface area contributed by atoms with Crippen LogP contribution in [0.4, 0.5) is 0 Å². The first-order chi connectivity index (χ1) is 8.63. The van der Waals surface area contributed by atoms with Crippen molar-refractivity contribution in [1.29, 1.82) is 0 Å². The second-order valence-corrected chi connectivity index (χ2v) is 7.06. The van der Waals surface area contributed by atoms with Crippen molar-refractivity contribution < 1.29 is 17.9 Å². The molecule has 1 aromatic rings. The summed E-state index contributed by atoms with van der Waals surface area (Å²) in [4.78, 5) is 0. The lowest BCUT2D eigenvalue weighted by atomic mass is 9.86. The maximum Gasteiger partial charge on any atom is 0.212 e. The van der Waals surface area contributed by atoms with E-state index in [0.29, 0.717) is 5.75 Å². The molecule has 5 nitrogen and oxygen atoms in total. The molecule has 0 amide bonds. The molecule has 0 aliphatic heterocycles. The molecule has 0 heterocycles. The first-order valence-electron chi connectivity index (χ1n) is 5.95. The zero-order valence-corrected chi connectivity index (χ0v) is 12.6. The van der Waals surface area contributed by atoms with Crippen molar-refractivity contribution >= 4 is 10.0 Å². The topological polar surface area (TPSA) is 78.6 Å². The fourth-order valence-corrected chi connectivity index (χ4v) is 1.93. The van der Waals surface area contributed by atoms with Gasteiger partial charge in [0, 0.05) is 5.56 Å². The Kier molecular flexibility index (Phi) is 4.81. The average Bonchev–Trinajstić information content (AvgIpc) is 2.26. The second-order valence-electron chi connectivity index (χ2n) is 5.33. The van der Waals surface area contributed by atoms with Crippen LogP contribution in [0.5, 0.6) is 11.5 Å². The zero-order valence-electron chi connectivity index (χ0n) is 11.8. The quantitative estimate of drug-likeness (QED) is 0.893. The van der Waals surface area contributed by atoms with Gasteiger partial charge in [0.05, 0.1) is 12.9 Å². The molecule has 0 aliphatic carbocycles. The van der Waals surface area contributed by atoms with E-state index >= 15 is 0 Å². The fourth-order valence-electron chi connectivity index (χ4n) is 1.62. The highest BCUT2D eigenvalue weighted by Gasteiger charge is 2.20. The summed E-state index contributed by atoms with van der Waals surface area (Å²) in [6.07, 6.45) is 0. The summed E-state index contributed by atoms with van der Waals surface area (Å²) in [5, 5.41) is 4.94. The van der Waals surface area contributed by atoms with E-state index in [1.54, 1.807) is 19.2 Å². The lowest BCUT2D eigenvalue weighted by Gasteiger charge is -2.23. The number of nitrogens with two attached hydrogens (primary N) is 1. The molecule has 108 valence electrons. The summed E-state index contributed by atoms with van der Waals surface area (Å²) in [7, 11) is -1.90. The van der Waals surface area contributed by atoms with Gasteiger partial charge in [-0.25, -0.2) is 13.6 Å². The van der Waals surface area contributed by atoms with Crippen LogP contribution in [0, 0.1) is 0 Å². The van der Waals surface area contributed by atoms with Crippen molar-refractivity contribution in [3.8, 4) is 11.5 Å². The Balaban J connectivity index is 2.94. The highest BCUT2D eigenvalue weighted by Crippen LogP contribution is 2.34. The lowest BCUT2D eigenvalue weighted by molar-refractivity contribution is 0.328. The standard InChI is InChI=1S/C13H21NO4S/c1-13(2,3)11-9-10(17-4)5-6-12(11)18-7-8-19(14,15)16/h5-6,9H,7-8H2,1-4H3,(H2,14,15,16). The van der Waals surface area contributed by atoms with Gasteiger partial charge in [-0.3, -0.25) is 0 Å². The minimum Gasteiger partial charge on any atom is -0.497 e. The molecule has 0 bridgehead atoms. The predicted molar refractivity (Wildman–Crippen MR) is 75.2 cm³/mol. The van der Waals surface area contributed by atoms with E-state index in [1.807, 2.05) is 26.8 Å². The first-order valence-corrected chi connectivity index (χ1v) is 7.67. The Morgan fingerprint density at radius 3 is 2.37 bits per heavy atom. The van der Waals surface area contributed by atoms with Crippen molar-refractivity contribution in [2.24, 2.45) is 5.14 Å². The zero-order chi connectivity index (χ0) is 14.7. The summed E-state index contributed by atoms with van der Waals surface area (Å²) >= 11 is 0. The van der Waals surface area contributed by atoms with Gasteiger partial charge in [-0.2, -0.15) is 0 Å². The van der Waals surface area contributed by atoms with E-state index in [-0.39, 0.29) is 17.8 Å². The molecular formula is C13H21NO4S. The minimum atomic E-state index is -3.51. The maximum absolute atomic E-state index is 10.9. The van der Waals surface area contributed by atoms with E-state index in [4.69, 9.17) is 14.6 Å². The SMILES string of the molecule is COc1ccc(OCCS(N)(=O)=O)c(C(C)(C)C)c1. The molecule has 0 spiro atoms. The van der Waals surface area contributed by atoms with Gasteiger partial charge in [0.15, 0.2) is 0 Å². The number of benzene rings is 1. The van der Waals surface area contributed by atoms with Gasteiger partial charge in [-0.05, 0) is 23.6 Å². The molecule has 0 aromatic heterocycles. The number of methoxy groups -OCH3 is 1. The largest absolute Gasteiger partial charge is 0.497 e. The summed E-state index contributed by atoms with van der Waals surface area (Å²) in [6, 6.07) is 5.45. The number of primary sulfonamides is 1. The molecule has 19 heavy (non-hydrogen) atoms. The summed E-state index contributed by atoms with van der Waals surface area (Å²) in [6.45, 7) is 6.19. The Morgan fingerprint density at radius 1 is 1.26 bits per heavy atom. The summed E-state index contributed by atoms with van der Waals surface area (Å²) in [5.41, 5.74) is 0.826. The van der Waals surface area contributed by atoms with Gasteiger partial charge >= 0.3 is 0 Å². The van der Waals surface area contributed by atoms with Crippen LogP contribution >= 0.6 is 0 Å². The molecule has 2 N–H and O–H groups in total. The van der Waals surface area contributed by atoms with Gasteiger partial charge in [0.25, 0.3) is 0 Å². The third-order valence-electron chi connectivity index (χ3n) is 2.62. The normalized spacial score (nSPS) is 12.3. The smallest absolute Gasteiger partial charge is 0.212 e. The van der Waals surface area contributed by atoms with E-state index in [0.717, 1.165) is 11.3 Å². The van der Waals surface area contributed by atoms with Crippen LogP contribution in [0.1, 0.15) is 26.3 Å². The Bertz CT molecular complexity index is 532. The van der Waals surface area contributed by atoms with Crippen LogP contribution in [0.15, 0.2) is 18.2 Å². The van der Waals surface area contributed by atoms with E-state index in [1.165, 1.54) is 0 Å². The molecule has 0 atom stereocenters. The molecule has 0 unspecified atom stereocenters. The van der Waals surface area contributed by atoms with Crippen LogP contribution in [-0.4, -0.2) is 27.9 Å². The van der Waals surface area contributed by atoms with Gasteiger partial charge < -0.3 is 9.47 Å². The lowest BCUT2D eigenvalue weighted by Crippen LogP contribution is -2.22. The van der Waals surface area contributed by atoms with Gasteiger partial charge in [-0.15, -0.1) is 0 Å². The van der Waals surface area contributed by atoms with E-state index in [9.17, 15) is 8.42 Å². The predicted octanol–water partition coefficient (Wildman–Crippen LogP) is 1.66. The van der Waals surface area contributed by atoms with Gasteiger partial charge in [0.2, 0.25) is 10.0 Å². The number of sulfonamides is 1. The van der Waals surface area contributed by atoms with Crippen molar-refractivity contribution in [2.45, 2.75) is 26.2 Å². The number of hydrogen-bond donors (Lipinski definition) is 1. The highest BCUT2D eigenvalue weighted by molar-refractivity contribution is 7.89. The number of hydrogen-bond acceptors (Lipinski definition) is 4. The average molecular weight is 287 g/mol. The van der Waals surface area contributed by atoms with E-state index < -0.39 is 10.0 Å². The van der Waals surface area contributed by atoms with Crippen molar-refractivity contribution in [3.63, 3.8) is 0 Å². The Morgan fingerprint density at radius 2 is 1.89 bits per heavy atom. The van der Waals surface area contributed by atoms with Crippen LogP contribution in [-0.2, 0) is 15.4 Å².